The monoisotopic (exact) mass is 334 g/mol. The molecule has 1 aromatic rings. The maximum atomic E-state index is 12.0. The second kappa shape index (κ2) is 8.01. The lowest BCUT2D eigenvalue weighted by Gasteiger charge is -2.09. The molecule has 7 nitrogen and oxygen atoms in total. The second-order valence-corrected chi connectivity index (χ2v) is 4.06. The molecule has 0 aliphatic heterocycles. The number of amides is 3. The van der Waals surface area contributed by atoms with Gasteiger partial charge in [0.1, 0.15) is 5.75 Å². The molecule has 23 heavy (non-hydrogen) atoms. The Labute approximate surface area is 128 Å². The average Bonchev–Trinajstić information content (AvgIpc) is 2.44. The molecule has 1 rings (SSSR count). The molecule has 0 aromatic heterocycles. The molecule has 10 heteroatoms. The summed E-state index contributed by atoms with van der Waals surface area (Å²) in [5.74, 6) is -2.28. The van der Waals surface area contributed by atoms with Gasteiger partial charge in [0.15, 0.2) is 6.61 Å². The molecule has 0 saturated heterocycles. The largest absolute Gasteiger partial charge is 0.573 e. The van der Waals surface area contributed by atoms with Crippen LogP contribution >= 0.6 is 0 Å². The van der Waals surface area contributed by atoms with Gasteiger partial charge in [-0.3, -0.25) is 10.1 Å². The number of nitrogens with one attached hydrogen (secondary N) is 2. The predicted molar refractivity (Wildman–Crippen MR) is 70.6 cm³/mol. The lowest BCUT2D eigenvalue weighted by Crippen LogP contribution is -2.41. The van der Waals surface area contributed by atoms with Gasteiger partial charge in [-0.15, -0.1) is 13.2 Å². The summed E-state index contributed by atoms with van der Waals surface area (Å²) in [7, 11) is 0. The number of urea groups is 1. The average molecular weight is 334 g/mol. The topological polar surface area (TPSA) is 93.7 Å². The molecule has 0 spiro atoms. The van der Waals surface area contributed by atoms with Crippen LogP contribution in [-0.2, 0) is 9.53 Å². The zero-order valence-electron chi connectivity index (χ0n) is 11.9. The maximum Gasteiger partial charge on any atom is 0.573 e. The molecular weight excluding hydrogens is 321 g/mol. The highest BCUT2D eigenvalue weighted by molar-refractivity contribution is 5.97. The second-order valence-electron chi connectivity index (χ2n) is 4.06. The molecule has 0 saturated carbocycles. The van der Waals surface area contributed by atoms with Crippen molar-refractivity contribution in [1.29, 1.82) is 0 Å². The fraction of sp³-hybridized carbons (Fsp3) is 0.308. The van der Waals surface area contributed by atoms with E-state index >= 15 is 0 Å². The van der Waals surface area contributed by atoms with Crippen molar-refractivity contribution in [2.45, 2.75) is 13.3 Å². The summed E-state index contributed by atoms with van der Waals surface area (Å²) in [4.78, 5) is 33.9. The Morgan fingerprint density at radius 2 is 1.74 bits per heavy atom. The van der Waals surface area contributed by atoms with Crippen molar-refractivity contribution in [1.82, 2.24) is 10.6 Å². The number of esters is 1. The minimum absolute atomic E-state index is 0.0784. The number of carbonyl (C=O) groups excluding carboxylic acids is 3. The van der Waals surface area contributed by atoms with E-state index in [0.717, 1.165) is 24.3 Å². The highest BCUT2D eigenvalue weighted by atomic mass is 19.4. The molecule has 0 unspecified atom stereocenters. The number of ether oxygens (including phenoxy) is 2. The molecule has 0 fully saturated rings. The molecule has 2 N–H and O–H groups in total. The van der Waals surface area contributed by atoms with Gasteiger partial charge in [0.2, 0.25) is 0 Å². The van der Waals surface area contributed by atoms with Crippen molar-refractivity contribution in [2.24, 2.45) is 0 Å². The van der Waals surface area contributed by atoms with E-state index in [1.807, 2.05) is 5.32 Å². The Morgan fingerprint density at radius 1 is 1.13 bits per heavy atom. The maximum absolute atomic E-state index is 12.0. The smallest absolute Gasteiger partial charge is 0.452 e. The molecule has 0 aliphatic rings. The first-order valence-corrected chi connectivity index (χ1v) is 6.32. The highest BCUT2D eigenvalue weighted by Crippen LogP contribution is 2.22. The van der Waals surface area contributed by atoms with Crippen LogP contribution < -0.4 is 15.4 Å². The molecule has 1 aromatic carbocycles. The standard InChI is InChI=1S/C13H13F3N2O5/c1-2-17-12(21)18-10(19)7-22-11(20)8-3-5-9(6-4-8)23-13(14,15)16/h3-6H,2,7H2,1H3,(H2,17,18,19,21). The van der Waals surface area contributed by atoms with Crippen LogP contribution in [0.4, 0.5) is 18.0 Å². The fourth-order valence-corrected chi connectivity index (χ4v) is 1.37. The highest BCUT2D eigenvalue weighted by Gasteiger charge is 2.31. The van der Waals surface area contributed by atoms with Crippen LogP contribution in [0.25, 0.3) is 0 Å². The number of benzene rings is 1. The quantitative estimate of drug-likeness (QED) is 0.798. The van der Waals surface area contributed by atoms with Crippen LogP contribution in [0.15, 0.2) is 24.3 Å². The summed E-state index contributed by atoms with van der Waals surface area (Å²) < 4.78 is 44.2. The summed E-state index contributed by atoms with van der Waals surface area (Å²) in [5.41, 5.74) is -0.0784. The van der Waals surface area contributed by atoms with Gasteiger partial charge in [0, 0.05) is 6.54 Å². The number of hydrogen-bond donors (Lipinski definition) is 2. The van der Waals surface area contributed by atoms with Gasteiger partial charge >= 0.3 is 18.4 Å². The Morgan fingerprint density at radius 3 is 2.26 bits per heavy atom. The van der Waals surface area contributed by atoms with Crippen LogP contribution in [0, 0.1) is 0 Å². The van der Waals surface area contributed by atoms with Crippen molar-refractivity contribution in [3.8, 4) is 5.75 Å². The van der Waals surface area contributed by atoms with Crippen LogP contribution in [0.1, 0.15) is 17.3 Å². The van der Waals surface area contributed by atoms with E-state index < -0.39 is 36.6 Å². The third kappa shape index (κ3) is 7.16. The van der Waals surface area contributed by atoms with E-state index in [1.165, 1.54) is 0 Å². The van der Waals surface area contributed by atoms with E-state index in [-0.39, 0.29) is 5.56 Å². The number of imide groups is 1. The van der Waals surface area contributed by atoms with Crippen molar-refractivity contribution in [2.75, 3.05) is 13.2 Å². The minimum Gasteiger partial charge on any atom is -0.452 e. The first-order valence-electron chi connectivity index (χ1n) is 6.32. The number of hydrogen-bond acceptors (Lipinski definition) is 5. The first kappa shape index (κ1) is 18.3. The lowest BCUT2D eigenvalue weighted by atomic mass is 10.2. The lowest BCUT2D eigenvalue weighted by molar-refractivity contribution is -0.274. The number of alkyl halides is 3. The molecule has 0 atom stereocenters. The Kier molecular flexibility index (Phi) is 6.36. The van der Waals surface area contributed by atoms with Crippen LogP contribution in [0.5, 0.6) is 5.75 Å². The predicted octanol–water partition coefficient (Wildman–Crippen LogP) is 1.59. The minimum atomic E-state index is -4.83. The number of halogens is 3. The zero-order valence-corrected chi connectivity index (χ0v) is 11.9. The Balaban J connectivity index is 2.49. The van der Waals surface area contributed by atoms with Crippen molar-refractivity contribution in [3.63, 3.8) is 0 Å². The van der Waals surface area contributed by atoms with Gasteiger partial charge in [-0.1, -0.05) is 0 Å². The van der Waals surface area contributed by atoms with E-state index in [2.05, 4.69) is 14.8 Å². The summed E-state index contributed by atoms with van der Waals surface area (Å²) in [6.45, 7) is 1.25. The fourth-order valence-electron chi connectivity index (χ4n) is 1.37. The van der Waals surface area contributed by atoms with E-state index in [0.29, 0.717) is 6.54 Å². The molecular formula is C13H13F3N2O5. The van der Waals surface area contributed by atoms with Crippen molar-refractivity contribution in [3.05, 3.63) is 29.8 Å². The van der Waals surface area contributed by atoms with E-state index in [4.69, 9.17) is 0 Å². The van der Waals surface area contributed by atoms with Crippen LogP contribution in [0.3, 0.4) is 0 Å². The van der Waals surface area contributed by atoms with Crippen LogP contribution in [-0.4, -0.2) is 37.4 Å². The van der Waals surface area contributed by atoms with Gasteiger partial charge in [-0.25, -0.2) is 9.59 Å². The molecule has 3 amide bonds. The molecule has 0 aliphatic carbocycles. The first-order chi connectivity index (χ1) is 10.7. The molecule has 0 bridgehead atoms. The van der Waals surface area contributed by atoms with Crippen LogP contribution in [0.2, 0.25) is 0 Å². The number of rotatable bonds is 5. The summed E-state index contributed by atoms with van der Waals surface area (Å²) in [6, 6.07) is 3.22. The summed E-state index contributed by atoms with van der Waals surface area (Å²) >= 11 is 0. The SMILES string of the molecule is CCNC(=O)NC(=O)COC(=O)c1ccc(OC(F)(F)F)cc1. The van der Waals surface area contributed by atoms with Crippen molar-refractivity contribution < 1.29 is 37.0 Å². The molecule has 0 heterocycles. The van der Waals surface area contributed by atoms with Gasteiger partial charge in [0.05, 0.1) is 5.56 Å². The van der Waals surface area contributed by atoms with Crippen molar-refractivity contribution >= 4 is 17.9 Å². The molecule has 0 radical (unpaired) electrons. The Hall–Kier alpha value is -2.78. The summed E-state index contributed by atoms with van der Waals surface area (Å²) in [6.07, 6.45) is -4.83. The third-order valence-corrected chi connectivity index (χ3v) is 2.25. The third-order valence-electron chi connectivity index (χ3n) is 2.25. The Bertz CT molecular complexity index is 572. The van der Waals surface area contributed by atoms with Gasteiger partial charge in [-0.05, 0) is 31.2 Å². The van der Waals surface area contributed by atoms with Gasteiger partial charge in [-0.2, -0.15) is 0 Å². The summed E-state index contributed by atoms with van der Waals surface area (Å²) in [5, 5.41) is 4.21. The normalized spacial score (nSPS) is 10.6. The molecule has 126 valence electrons. The van der Waals surface area contributed by atoms with Gasteiger partial charge < -0.3 is 14.8 Å². The zero-order chi connectivity index (χ0) is 17.5. The van der Waals surface area contributed by atoms with Gasteiger partial charge in [0.25, 0.3) is 5.91 Å². The number of carbonyl (C=O) groups is 3. The van der Waals surface area contributed by atoms with E-state index in [1.54, 1.807) is 6.92 Å². The van der Waals surface area contributed by atoms with E-state index in [9.17, 15) is 27.6 Å².